The van der Waals surface area contributed by atoms with Gasteiger partial charge in [0.1, 0.15) is 11.9 Å². The molecule has 1 unspecified atom stereocenters. The van der Waals surface area contributed by atoms with Crippen LogP contribution in [0.25, 0.3) is 0 Å². The molecule has 0 rings (SSSR count). The van der Waals surface area contributed by atoms with Gasteiger partial charge >= 0.3 is 6.09 Å². The first kappa shape index (κ1) is 28.1. The molecule has 0 heterocycles. The van der Waals surface area contributed by atoms with Gasteiger partial charge in [0.2, 0.25) is 0 Å². The molecule has 0 aliphatic carbocycles. The highest BCUT2D eigenvalue weighted by Gasteiger charge is 2.17. The SMILES string of the molecule is C.C.CC(C)C(O)CNC(=O)OC(C)(C)C.CC(C)C=O. The van der Waals surface area contributed by atoms with Crippen molar-refractivity contribution in [1.29, 1.82) is 0 Å². The van der Waals surface area contributed by atoms with Crippen molar-refractivity contribution in [1.82, 2.24) is 5.32 Å². The zero-order valence-electron chi connectivity index (χ0n) is 13.2. The largest absolute Gasteiger partial charge is 0.444 e. The molecule has 0 bridgehead atoms. The van der Waals surface area contributed by atoms with E-state index in [1.165, 1.54) is 0 Å². The number of aliphatic hydroxyl groups is 1. The number of amides is 1. The van der Waals surface area contributed by atoms with Crippen molar-refractivity contribution in [2.75, 3.05) is 6.54 Å². The summed E-state index contributed by atoms with van der Waals surface area (Å²) in [6.45, 7) is 13.1. The Morgan fingerprint density at radius 1 is 1.19 bits per heavy atom. The lowest BCUT2D eigenvalue weighted by Gasteiger charge is -2.21. The Balaban J connectivity index is -0.000000179. The Kier molecular flexibility index (Phi) is 18.6. The Bertz CT molecular complexity index is 257. The maximum Gasteiger partial charge on any atom is 0.407 e. The number of hydrogen-bond donors (Lipinski definition) is 2. The summed E-state index contributed by atoms with van der Waals surface area (Å²) in [5.41, 5.74) is -0.493. The number of rotatable bonds is 4. The molecular weight excluding hydrogens is 270 g/mol. The van der Waals surface area contributed by atoms with Gasteiger partial charge in [0.25, 0.3) is 0 Å². The van der Waals surface area contributed by atoms with Crippen molar-refractivity contribution in [3.63, 3.8) is 0 Å². The van der Waals surface area contributed by atoms with Crippen LogP contribution in [-0.2, 0) is 9.53 Å². The molecule has 0 saturated carbocycles. The van der Waals surface area contributed by atoms with Crippen molar-refractivity contribution < 1.29 is 19.4 Å². The minimum Gasteiger partial charge on any atom is -0.444 e. The molecule has 2 N–H and O–H groups in total. The molecule has 0 aromatic heterocycles. The summed E-state index contributed by atoms with van der Waals surface area (Å²) in [5.74, 6) is 0.333. The standard InChI is InChI=1S/C10H21NO3.C4H8O.2CH4/c1-7(2)8(12)6-11-9(13)14-10(3,4)5;1-4(2)3-5;;/h7-8,12H,6H2,1-5H3,(H,11,13);3-4H,1-2H3;2*1H4. The Morgan fingerprint density at radius 3 is 1.81 bits per heavy atom. The van der Waals surface area contributed by atoms with E-state index < -0.39 is 17.8 Å². The van der Waals surface area contributed by atoms with Gasteiger partial charge < -0.3 is 20.0 Å². The van der Waals surface area contributed by atoms with Crippen molar-refractivity contribution in [3.05, 3.63) is 0 Å². The summed E-state index contributed by atoms with van der Waals surface area (Å²) in [6, 6.07) is 0. The molecule has 5 nitrogen and oxygen atoms in total. The molecule has 0 aliphatic heterocycles. The summed E-state index contributed by atoms with van der Waals surface area (Å²) in [4.78, 5) is 20.6. The highest BCUT2D eigenvalue weighted by molar-refractivity contribution is 5.67. The first-order valence-electron chi connectivity index (χ1n) is 6.59. The van der Waals surface area contributed by atoms with Gasteiger partial charge in [-0.25, -0.2) is 4.79 Å². The van der Waals surface area contributed by atoms with E-state index in [-0.39, 0.29) is 33.2 Å². The van der Waals surface area contributed by atoms with Gasteiger partial charge in [0, 0.05) is 12.5 Å². The first-order valence-corrected chi connectivity index (χ1v) is 6.59. The molecule has 0 saturated heterocycles. The minimum absolute atomic E-state index is 0. The van der Waals surface area contributed by atoms with Crippen LogP contribution in [0.1, 0.15) is 63.3 Å². The molecule has 5 heteroatoms. The van der Waals surface area contributed by atoms with E-state index in [2.05, 4.69) is 5.32 Å². The van der Waals surface area contributed by atoms with E-state index in [1.807, 2.05) is 27.7 Å². The Hall–Kier alpha value is -1.10. The average molecular weight is 307 g/mol. The maximum atomic E-state index is 11.1. The van der Waals surface area contributed by atoms with Gasteiger partial charge in [-0.2, -0.15) is 0 Å². The minimum atomic E-state index is -0.525. The molecule has 0 fully saturated rings. The molecule has 0 aliphatic rings. The number of alkyl carbamates (subject to hydrolysis) is 1. The smallest absolute Gasteiger partial charge is 0.407 e. The fourth-order valence-electron chi connectivity index (χ4n) is 0.738. The van der Waals surface area contributed by atoms with Gasteiger partial charge in [0.05, 0.1) is 6.10 Å². The topological polar surface area (TPSA) is 75.6 Å². The van der Waals surface area contributed by atoms with Crippen molar-refractivity contribution in [2.24, 2.45) is 11.8 Å². The van der Waals surface area contributed by atoms with Crippen LogP contribution >= 0.6 is 0 Å². The van der Waals surface area contributed by atoms with Crippen LogP contribution in [-0.4, -0.2) is 35.7 Å². The zero-order valence-corrected chi connectivity index (χ0v) is 13.2. The van der Waals surface area contributed by atoms with Crippen molar-refractivity contribution in [2.45, 2.75) is 75.0 Å². The molecular formula is C16H37NO4. The van der Waals surface area contributed by atoms with Crippen molar-refractivity contribution >= 4 is 12.4 Å². The Labute approximate surface area is 131 Å². The van der Waals surface area contributed by atoms with E-state index in [0.717, 1.165) is 6.29 Å². The molecule has 130 valence electrons. The number of hydrogen-bond acceptors (Lipinski definition) is 4. The third-order valence-corrected chi connectivity index (χ3v) is 1.90. The normalized spacial score (nSPS) is 11.3. The quantitative estimate of drug-likeness (QED) is 0.777. The second kappa shape index (κ2) is 13.9. The van der Waals surface area contributed by atoms with Crippen LogP contribution in [0.4, 0.5) is 4.79 Å². The van der Waals surface area contributed by atoms with E-state index in [0.29, 0.717) is 0 Å². The van der Waals surface area contributed by atoms with E-state index >= 15 is 0 Å². The number of carbonyl (C=O) groups excluding carboxylic acids is 2. The molecule has 0 spiro atoms. The zero-order chi connectivity index (χ0) is 15.6. The molecule has 0 aromatic carbocycles. The number of aliphatic hydroxyl groups excluding tert-OH is 1. The number of aldehydes is 1. The molecule has 21 heavy (non-hydrogen) atoms. The van der Waals surface area contributed by atoms with Gasteiger partial charge in [-0.1, -0.05) is 42.5 Å². The van der Waals surface area contributed by atoms with Gasteiger partial charge in [-0.3, -0.25) is 0 Å². The van der Waals surface area contributed by atoms with Gasteiger partial charge in [0.15, 0.2) is 0 Å². The lowest BCUT2D eigenvalue weighted by atomic mass is 10.1. The van der Waals surface area contributed by atoms with Crippen LogP contribution in [0.3, 0.4) is 0 Å². The fourth-order valence-corrected chi connectivity index (χ4v) is 0.738. The fraction of sp³-hybridized carbons (Fsp3) is 0.875. The summed E-state index contributed by atoms with van der Waals surface area (Å²) >= 11 is 0. The van der Waals surface area contributed by atoms with Crippen LogP contribution in [0.5, 0.6) is 0 Å². The lowest BCUT2D eigenvalue weighted by molar-refractivity contribution is -0.110. The molecule has 1 atom stereocenters. The monoisotopic (exact) mass is 307 g/mol. The first-order chi connectivity index (χ1) is 8.49. The summed E-state index contributed by atoms with van der Waals surface area (Å²) in [7, 11) is 0. The second-order valence-corrected chi connectivity index (χ2v) is 6.07. The van der Waals surface area contributed by atoms with Crippen LogP contribution in [0, 0.1) is 11.8 Å². The molecule has 1 amide bonds. The molecule has 0 aromatic rings. The highest BCUT2D eigenvalue weighted by atomic mass is 16.6. The van der Waals surface area contributed by atoms with Crippen molar-refractivity contribution in [3.8, 4) is 0 Å². The third-order valence-electron chi connectivity index (χ3n) is 1.90. The van der Waals surface area contributed by atoms with Gasteiger partial charge in [-0.05, 0) is 26.7 Å². The van der Waals surface area contributed by atoms with Crippen LogP contribution in [0.2, 0.25) is 0 Å². The molecule has 0 radical (unpaired) electrons. The average Bonchev–Trinajstić information content (AvgIpc) is 2.24. The predicted octanol–water partition coefficient (Wildman–Crippen LogP) is 3.64. The van der Waals surface area contributed by atoms with E-state index in [1.54, 1.807) is 20.8 Å². The number of carbonyl (C=O) groups is 2. The lowest BCUT2D eigenvalue weighted by Crippen LogP contribution is -2.38. The third kappa shape index (κ3) is 24.3. The predicted molar refractivity (Wildman–Crippen MR) is 89.4 cm³/mol. The summed E-state index contributed by atoms with van der Waals surface area (Å²) < 4.78 is 5.01. The second-order valence-electron chi connectivity index (χ2n) is 6.07. The van der Waals surface area contributed by atoms with E-state index in [4.69, 9.17) is 4.74 Å². The highest BCUT2D eigenvalue weighted by Crippen LogP contribution is 2.06. The van der Waals surface area contributed by atoms with Crippen LogP contribution in [0.15, 0.2) is 0 Å². The number of nitrogens with one attached hydrogen (secondary N) is 1. The maximum absolute atomic E-state index is 11.1. The number of ether oxygens (including phenoxy) is 1. The van der Waals surface area contributed by atoms with Gasteiger partial charge in [-0.15, -0.1) is 0 Å². The van der Waals surface area contributed by atoms with E-state index in [9.17, 15) is 14.7 Å². The Morgan fingerprint density at radius 2 is 1.57 bits per heavy atom. The van der Waals surface area contributed by atoms with Crippen LogP contribution < -0.4 is 5.32 Å². The summed E-state index contributed by atoms with van der Waals surface area (Å²) in [5, 5.41) is 11.9. The summed E-state index contributed by atoms with van der Waals surface area (Å²) in [6.07, 6.45) is -0.0975.